The number of methoxy groups -OCH3 is 1. The molecule has 0 amide bonds. The van der Waals surface area contributed by atoms with Gasteiger partial charge in [-0.1, -0.05) is 0 Å². The van der Waals surface area contributed by atoms with Crippen LogP contribution < -0.4 is 10.5 Å². The number of anilines is 1. The van der Waals surface area contributed by atoms with Gasteiger partial charge < -0.3 is 15.2 Å². The highest BCUT2D eigenvalue weighted by Crippen LogP contribution is 2.25. The van der Waals surface area contributed by atoms with Gasteiger partial charge >= 0.3 is 5.97 Å². The average molecular weight is 342 g/mol. The number of esters is 1. The maximum atomic E-state index is 12.0. The minimum atomic E-state index is -0.450. The number of ether oxygens (including phenoxy) is 2. The van der Waals surface area contributed by atoms with Gasteiger partial charge in [0, 0.05) is 10.6 Å². The smallest absolute Gasteiger partial charge is 0.342 e. The lowest BCUT2D eigenvalue weighted by atomic mass is 10.2. The molecule has 0 spiro atoms. The van der Waals surface area contributed by atoms with E-state index in [0.717, 1.165) is 8.66 Å². The second-order valence-electron chi connectivity index (χ2n) is 3.74. The molecule has 0 aliphatic carbocycles. The number of nitrogens with two attached hydrogens (primary N) is 1. The predicted octanol–water partition coefficient (Wildman–Crippen LogP) is 3.46. The van der Waals surface area contributed by atoms with Crippen molar-refractivity contribution >= 4 is 38.9 Å². The Morgan fingerprint density at radius 3 is 2.79 bits per heavy atom. The van der Waals surface area contributed by atoms with Crippen molar-refractivity contribution in [1.82, 2.24) is 0 Å². The van der Waals surface area contributed by atoms with Crippen molar-refractivity contribution in [2.75, 3.05) is 12.8 Å². The van der Waals surface area contributed by atoms with Gasteiger partial charge in [0.05, 0.1) is 10.9 Å². The number of carbonyl (C=O) groups is 1. The molecule has 0 radical (unpaired) electrons. The van der Waals surface area contributed by atoms with Crippen LogP contribution in [0.4, 0.5) is 5.69 Å². The van der Waals surface area contributed by atoms with Crippen LogP contribution in [0.25, 0.3) is 0 Å². The molecule has 19 heavy (non-hydrogen) atoms. The van der Waals surface area contributed by atoms with Gasteiger partial charge in [0.1, 0.15) is 17.9 Å². The summed E-state index contributed by atoms with van der Waals surface area (Å²) in [6, 6.07) is 8.68. The van der Waals surface area contributed by atoms with E-state index in [4.69, 9.17) is 15.2 Å². The molecular formula is C13H12BrNO3S. The van der Waals surface area contributed by atoms with Gasteiger partial charge in [-0.3, -0.25) is 0 Å². The van der Waals surface area contributed by atoms with Crippen molar-refractivity contribution in [2.24, 2.45) is 0 Å². The van der Waals surface area contributed by atoms with Crippen LogP contribution >= 0.6 is 27.3 Å². The highest BCUT2D eigenvalue weighted by atomic mass is 79.9. The maximum absolute atomic E-state index is 12.0. The fraction of sp³-hybridized carbons (Fsp3) is 0.154. The van der Waals surface area contributed by atoms with Gasteiger partial charge in [0.25, 0.3) is 0 Å². The highest BCUT2D eigenvalue weighted by Gasteiger charge is 2.14. The zero-order valence-corrected chi connectivity index (χ0v) is 12.6. The van der Waals surface area contributed by atoms with E-state index in [-0.39, 0.29) is 6.61 Å². The van der Waals surface area contributed by atoms with Gasteiger partial charge in [-0.05, 0) is 46.3 Å². The number of carbonyl (C=O) groups excluding carboxylic acids is 1. The summed E-state index contributed by atoms with van der Waals surface area (Å²) in [6.07, 6.45) is 0. The van der Waals surface area contributed by atoms with Gasteiger partial charge in [0.15, 0.2) is 0 Å². The first-order valence-corrected chi connectivity index (χ1v) is 7.06. The molecule has 0 aliphatic rings. The molecule has 2 rings (SSSR count). The molecule has 6 heteroatoms. The number of hydrogen-bond donors (Lipinski definition) is 1. The first kappa shape index (κ1) is 13.9. The van der Waals surface area contributed by atoms with E-state index in [2.05, 4.69) is 15.9 Å². The third-order valence-electron chi connectivity index (χ3n) is 2.42. The fourth-order valence-corrected chi connectivity index (χ4v) is 2.93. The van der Waals surface area contributed by atoms with Crippen LogP contribution in [0.2, 0.25) is 0 Å². The fourth-order valence-electron chi connectivity index (χ4n) is 1.53. The molecule has 0 saturated heterocycles. The van der Waals surface area contributed by atoms with Crippen molar-refractivity contribution in [2.45, 2.75) is 6.61 Å². The third kappa shape index (κ3) is 3.48. The molecule has 2 N–H and O–H groups in total. The predicted molar refractivity (Wildman–Crippen MR) is 78.5 cm³/mol. The lowest BCUT2D eigenvalue weighted by molar-refractivity contribution is 0.0473. The van der Waals surface area contributed by atoms with Crippen LogP contribution in [0.5, 0.6) is 5.75 Å². The Balaban J connectivity index is 2.09. The number of halogens is 1. The normalized spacial score (nSPS) is 10.2. The first-order valence-electron chi connectivity index (χ1n) is 5.45. The quantitative estimate of drug-likeness (QED) is 0.683. The Hall–Kier alpha value is -1.53. The summed E-state index contributed by atoms with van der Waals surface area (Å²) < 4.78 is 11.4. The lowest BCUT2D eigenvalue weighted by Crippen LogP contribution is -2.07. The number of nitrogen functional groups attached to an aromatic ring is 1. The summed E-state index contributed by atoms with van der Waals surface area (Å²) in [5, 5.41) is 0. The van der Waals surface area contributed by atoms with E-state index >= 15 is 0 Å². The number of thiophene rings is 1. The molecule has 0 unspecified atom stereocenters. The van der Waals surface area contributed by atoms with Crippen molar-refractivity contribution in [1.29, 1.82) is 0 Å². The molecule has 100 valence electrons. The Bertz CT molecular complexity index is 597. The van der Waals surface area contributed by atoms with E-state index < -0.39 is 5.97 Å². The summed E-state index contributed by atoms with van der Waals surface area (Å²) in [7, 11) is 1.50. The summed E-state index contributed by atoms with van der Waals surface area (Å²) in [5.41, 5.74) is 6.49. The van der Waals surface area contributed by atoms with Gasteiger partial charge in [-0.25, -0.2) is 4.79 Å². The van der Waals surface area contributed by atoms with Crippen LogP contribution in [-0.4, -0.2) is 13.1 Å². The zero-order chi connectivity index (χ0) is 13.8. The van der Waals surface area contributed by atoms with Crippen LogP contribution in [0.15, 0.2) is 34.1 Å². The minimum absolute atomic E-state index is 0.229. The van der Waals surface area contributed by atoms with Crippen molar-refractivity contribution in [3.63, 3.8) is 0 Å². The molecule has 2 aromatic rings. The SMILES string of the molecule is COc1ccc(N)cc1C(=O)OCc1ccc(Br)s1. The van der Waals surface area contributed by atoms with E-state index in [1.807, 2.05) is 12.1 Å². The summed E-state index contributed by atoms with van der Waals surface area (Å²) in [5.74, 6) is 0.000215. The highest BCUT2D eigenvalue weighted by molar-refractivity contribution is 9.11. The van der Waals surface area contributed by atoms with E-state index in [9.17, 15) is 4.79 Å². The Morgan fingerprint density at radius 2 is 2.16 bits per heavy atom. The van der Waals surface area contributed by atoms with Crippen LogP contribution in [0.3, 0.4) is 0 Å². The molecule has 4 nitrogen and oxygen atoms in total. The number of benzene rings is 1. The standard InChI is InChI=1S/C13H12BrNO3S/c1-17-11-4-2-8(15)6-10(11)13(16)18-7-9-3-5-12(14)19-9/h2-6H,7,15H2,1H3. The van der Waals surface area contributed by atoms with Gasteiger partial charge in [0.2, 0.25) is 0 Å². The van der Waals surface area contributed by atoms with Crippen molar-refractivity contribution in [3.05, 3.63) is 44.6 Å². The molecule has 1 heterocycles. The molecule has 1 aromatic carbocycles. The van der Waals surface area contributed by atoms with Crippen LogP contribution in [0.1, 0.15) is 15.2 Å². The molecule has 0 saturated carbocycles. The second kappa shape index (κ2) is 6.08. The molecular weight excluding hydrogens is 330 g/mol. The van der Waals surface area contributed by atoms with Crippen molar-refractivity contribution in [3.8, 4) is 5.75 Å². The van der Waals surface area contributed by atoms with E-state index in [1.165, 1.54) is 18.4 Å². The van der Waals surface area contributed by atoms with Gasteiger partial charge in [-0.15, -0.1) is 11.3 Å². The minimum Gasteiger partial charge on any atom is -0.496 e. The molecule has 0 aliphatic heterocycles. The topological polar surface area (TPSA) is 61.5 Å². The number of hydrogen-bond acceptors (Lipinski definition) is 5. The second-order valence-corrected chi connectivity index (χ2v) is 6.29. The first-order chi connectivity index (χ1) is 9.10. The van der Waals surface area contributed by atoms with Gasteiger partial charge in [-0.2, -0.15) is 0 Å². The Morgan fingerprint density at radius 1 is 1.37 bits per heavy atom. The van der Waals surface area contributed by atoms with Crippen LogP contribution in [0, 0.1) is 0 Å². The largest absolute Gasteiger partial charge is 0.496 e. The monoisotopic (exact) mass is 341 g/mol. The molecule has 0 fully saturated rings. The van der Waals surface area contributed by atoms with E-state index in [0.29, 0.717) is 17.0 Å². The molecule has 0 bridgehead atoms. The third-order valence-corrected chi connectivity index (χ3v) is 4.01. The summed E-state index contributed by atoms with van der Waals surface area (Å²) >= 11 is 4.88. The number of rotatable bonds is 4. The average Bonchev–Trinajstić information content (AvgIpc) is 2.81. The summed E-state index contributed by atoms with van der Waals surface area (Å²) in [6.45, 7) is 0.229. The lowest BCUT2D eigenvalue weighted by Gasteiger charge is -2.08. The zero-order valence-electron chi connectivity index (χ0n) is 10.2. The maximum Gasteiger partial charge on any atom is 0.342 e. The molecule has 0 atom stereocenters. The van der Waals surface area contributed by atoms with E-state index in [1.54, 1.807) is 18.2 Å². The van der Waals surface area contributed by atoms with Crippen LogP contribution in [-0.2, 0) is 11.3 Å². The Labute approximate surface area is 123 Å². The van der Waals surface area contributed by atoms with Crippen molar-refractivity contribution < 1.29 is 14.3 Å². The Kier molecular flexibility index (Phi) is 4.44. The molecule has 1 aromatic heterocycles. The summed E-state index contributed by atoms with van der Waals surface area (Å²) in [4.78, 5) is 13.0.